The lowest BCUT2D eigenvalue weighted by Gasteiger charge is -2.17. The van der Waals surface area contributed by atoms with Gasteiger partial charge in [0.05, 0.1) is 19.1 Å². The van der Waals surface area contributed by atoms with Crippen LogP contribution in [0.15, 0.2) is 24.3 Å². The van der Waals surface area contributed by atoms with E-state index in [1.807, 2.05) is 0 Å². The summed E-state index contributed by atoms with van der Waals surface area (Å²) in [5.74, 6) is 0.336. The summed E-state index contributed by atoms with van der Waals surface area (Å²) in [6, 6.07) is 7.09. The van der Waals surface area contributed by atoms with E-state index < -0.39 is 12.0 Å². The average Bonchev–Trinajstić information content (AvgIpc) is 2.36. The number of hydrogen-bond donors (Lipinski definition) is 1. The van der Waals surface area contributed by atoms with Gasteiger partial charge in [0.1, 0.15) is 5.75 Å². The molecule has 0 aromatic heterocycles. The number of ether oxygens (including phenoxy) is 1. The van der Waals surface area contributed by atoms with Crippen LogP contribution in [-0.2, 0) is 4.79 Å². The summed E-state index contributed by atoms with van der Waals surface area (Å²) in [4.78, 5) is 11.4. The van der Waals surface area contributed by atoms with Crippen LogP contribution in [0.5, 0.6) is 5.75 Å². The Morgan fingerprint density at radius 2 is 1.94 bits per heavy atom. The molecule has 16 heavy (non-hydrogen) atoms. The van der Waals surface area contributed by atoms with Crippen molar-refractivity contribution in [2.45, 2.75) is 13.0 Å². The van der Waals surface area contributed by atoms with Crippen LogP contribution in [0.2, 0.25) is 0 Å². The highest BCUT2D eigenvalue weighted by molar-refractivity contribution is 8.13. The lowest BCUT2D eigenvalue weighted by molar-refractivity contribution is -0.117. The highest BCUT2D eigenvalue weighted by atomic mass is 32.2. The Hall–Kier alpha value is -1.00. The maximum absolute atomic E-state index is 11.4. The minimum atomic E-state index is -0.758. The molecule has 1 aromatic rings. The Bertz CT molecular complexity index is 348. The van der Waals surface area contributed by atoms with Crippen molar-refractivity contribution < 1.29 is 14.6 Å². The topological polar surface area (TPSA) is 46.5 Å². The molecule has 0 saturated carbocycles. The van der Waals surface area contributed by atoms with E-state index in [0.717, 1.165) is 23.1 Å². The number of aliphatic hydroxyl groups excluding tert-OH is 1. The fraction of sp³-hybridized carbons (Fsp3) is 0.417. The van der Waals surface area contributed by atoms with Crippen LogP contribution in [0.4, 0.5) is 0 Å². The Morgan fingerprint density at radius 3 is 2.38 bits per heavy atom. The van der Waals surface area contributed by atoms with E-state index in [9.17, 15) is 9.90 Å². The summed E-state index contributed by atoms with van der Waals surface area (Å²) >= 11 is 1.14. The molecule has 0 saturated heterocycles. The first kappa shape index (κ1) is 13.1. The fourth-order valence-electron chi connectivity index (χ4n) is 1.40. The second kappa shape index (κ2) is 5.92. The van der Waals surface area contributed by atoms with Gasteiger partial charge in [-0.25, -0.2) is 0 Å². The summed E-state index contributed by atoms with van der Waals surface area (Å²) in [6.45, 7) is 1.73. The van der Waals surface area contributed by atoms with Gasteiger partial charge in [0.2, 0.25) is 0 Å². The predicted molar refractivity (Wildman–Crippen MR) is 65.6 cm³/mol. The van der Waals surface area contributed by atoms with Crippen molar-refractivity contribution in [3.63, 3.8) is 0 Å². The maximum atomic E-state index is 11.4. The van der Waals surface area contributed by atoms with Gasteiger partial charge in [-0.1, -0.05) is 30.8 Å². The van der Waals surface area contributed by atoms with Crippen LogP contribution >= 0.6 is 11.8 Å². The standard InChI is InChI=1S/C12H16O3S/c1-8(12(14)16-3)11(13)9-4-6-10(15-2)7-5-9/h4-8,11,13H,1-3H3/t8-,11-/m0/s1. The lowest BCUT2D eigenvalue weighted by Crippen LogP contribution is -2.16. The number of carbonyl (C=O) groups is 1. The molecule has 0 aliphatic heterocycles. The van der Waals surface area contributed by atoms with E-state index in [2.05, 4.69) is 0 Å². The number of aliphatic hydroxyl groups is 1. The van der Waals surface area contributed by atoms with Crippen LogP contribution in [0.3, 0.4) is 0 Å². The number of rotatable bonds is 4. The fourth-order valence-corrected chi connectivity index (χ4v) is 1.91. The molecule has 0 heterocycles. The van der Waals surface area contributed by atoms with E-state index >= 15 is 0 Å². The average molecular weight is 240 g/mol. The second-order valence-corrected chi connectivity index (χ2v) is 4.34. The number of hydrogen-bond acceptors (Lipinski definition) is 4. The maximum Gasteiger partial charge on any atom is 0.194 e. The normalized spacial score (nSPS) is 14.2. The van der Waals surface area contributed by atoms with Crippen LogP contribution < -0.4 is 4.74 Å². The van der Waals surface area contributed by atoms with Crippen molar-refractivity contribution in [1.82, 2.24) is 0 Å². The van der Waals surface area contributed by atoms with Gasteiger partial charge in [0.15, 0.2) is 5.12 Å². The lowest BCUT2D eigenvalue weighted by atomic mass is 9.98. The van der Waals surface area contributed by atoms with Gasteiger partial charge in [-0.05, 0) is 24.0 Å². The van der Waals surface area contributed by atoms with Crippen molar-refractivity contribution in [3.8, 4) is 5.75 Å². The van der Waals surface area contributed by atoms with E-state index in [0.29, 0.717) is 0 Å². The summed E-state index contributed by atoms with van der Waals surface area (Å²) in [5, 5.41) is 9.97. The highest BCUT2D eigenvalue weighted by Crippen LogP contribution is 2.26. The first-order valence-corrected chi connectivity index (χ1v) is 6.22. The van der Waals surface area contributed by atoms with Crippen LogP contribution in [0.1, 0.15) is 18.6 Å². The number of carbonyl (C=O) groups excluding carboxylic acids is 1. The van der Waals surface area contributed by atoms with Gasteiger partial charge >= 0.3 is 0 Å². The zero-order valence-electron chi connectivity index (χ0n) is 9.64. The monoisotopic (exact) mass is 240 g/mol. The third-order valence-electron chi connectivity index (χ3n) is 2.50. The SMILES string of the molecule is COc1ccc([C@@H](O)[C@H](C)C(=O)SC)cc1. The summed E-state index contributed by atoms with van der Waals surface area (Å²) in [5.41, 5.74) is 0.732. The summed E-state index contributed by atoms with van der Waals surface area (Å²) < 4.78 is 5.03. The number of benzene rings is 1. The van der Waals surface area contributed by atoms with Gasteiger partial charge in [-0.15, -0.1) is 0 Å². The molecule has 0 fully saturated rings. The Balaban J connectivity index is 2.79. The first-order valence-electron chi connectivity index (χ1n) is 5.00. The van der Waals surface area contributed by atoms with E-state index in [1.54, 1.807) is 44.6 Å². The van der Waals surface area contributed by atoms with Gasteiger partial charge in [0, 0.05) is 0 Å². The quantitative estimate of drug-likeness (QED) is 0.877. The van der Waals surface area contributed by atoms with Crippen molar-refractivity contribution in [2.24, 2.45) is 5.92 Å². The molecular formula is C12H16O3S. The molecule has 0 amide bonds. The van der Waals surface area contributed by atoms with Gasteiger partial charge < -0.3 is 9.84 Å². The molecule has 2 atom stereocenters. The molecule has 0 aliphatic carbocycles. The Kier molecular flexibility index (Phi) is 4.83. The van der Waals surface area contributed by atoms with E-state index in [1.165, 1.54) is 0 Å². The van der Waals surface area contributed by atoms with Crippen molar-refractivity contribution in [1.29, 1.82) is 0 Å². The molecule has 1 aromatic carbocycles. The van der Waals surface area contributed by atoms with Crippen LogP contribution in [-0.4, -0.2) is 23.6 Å². The molecular weight excluding hydrogens is 224 g/mol. The molecule has 88 valence electrons. The number of thioether (sulfide) groups is 1. The molecule has 0 bridgehead atoms. The second-order valence-electron chi connectivity index (χ2n) is 3.53. The zero-order chi connectivity index (χ0) is 12.1. The van der Waals surface area contributed by atoms with Gasteiger partial charge in [0.25, 0.3) is 0 Å². The van der Waals surface area contributed by atoms with Crippen molar-refractivity contribution in [3.05, 3.63) is 29.8 Å². The Morgan fingerprint density at radius 1 is 1.38 bits per heavy atom. The molecule has 0 unspecified atom stereocenters. The molecule has 4 heteroatoms. The van der Waals surface area contributed by atoms with E-state index in [4.69, 9.17) is 4.74 Å². The predicted octanol–water partition coefficient (Wildman–Crippen LogP) is 2.25. The minimum Gasteiger partial charge on any atom is -0.497 e. The first-order chi connectivity index (χ1) is 7.60. The molecule has 3 nitrogen and oxygen atoms in total. The molecule has 1 rings (SSSR count). The highest BCUT2D eigenvalue weighted by Gasteiger charge is 2.22. The molecule has 0 radical (unpaired) electrons. The number of methoxy groups -OCH3 is 1. The van der Waals surface area contributed by atoms with Crippen molar-refractivity contribution in [2.75, 3.05) is 13.4 Å². The zero-order valence-corrected chi connectivity index (χ0v) is 10.5. The van der Waals surface area contributed by atoms with Crippen LogP contribution in [0.25, 0.3) is 0 Å². The molecule has 0 spiro atoms. The smallest absolute Gasteiger partial charge is 0.194 e. The third kappa shape index (κ3) is 3.00. The molecule has 0 aliphatic rings. The summed E-state index contributed by atoms with van der Waals surface area (Å²) in [6.07, 6.45) is 0.963. The van der Waals surface area contributed by atoms with E-state index in [-0.39, 0.29) is 5.12 Å². The van der Waals surface area contributed by atoms with Gasteiger partial charge in [-0.3, -0.25) is 4.79 Å². The minimum absolute atomic E-state index is 0.0108. The largest absolute Gasteiger partial charge is 0.497 e. The van der Waals surface area contributed by atoms with Crippen LogP contribution in [0, 0.1) is 5.92 Å². The Labute approximate surface area is 99.8 Å². The van der Waals surface area contributed by atoms with Crippen molar-refractivity contribution >= 4 is 16.9 Å². The van der Waals surface area contributed by atoms with Gasteiger partial charge in [-0.2, -0.15) is 0 Å². The third-order valence-corrected chi connectivity index (χ3v) is 3.28. The molecule has 1 N–H and O–H groups in total. The summed E-state index contributed by atoms with van der Waals surface area (Å²) in [7, 11) is 1.59.